The lowest BCUT2D eigenvalue weighted by molar-refractivity contribution is 0.281. The van der Waals surface area contributed by atoms with Crippen LogP contribution in [-0.2, 0) is 0 Å². The lowest BCUT2D eigenvalue weighted by atomic mass is 10.1. The second-order valence-electron chi connectivity index (χ2n) is 2.19. The summed E-state index contributed by atoms with van der Waals surface area (Å²) >= 11 is 0. The van der Waals surface area contributed by atoms with Crippen molar-refractivity contribution in [3.8, 4) is 0 Å². The third-order valence-corrected chi connectivity index (χ3v) is 1.34. The average Bonchev–Trinajstić information content (AvgIpc) is 2.05. The molecule has 0 heterocycles. The molecule has 0 aliphatic carbocycles. The Morgan fingerprint density at radius 2 is 2.36 bits per heavy atom. The highest BCUT2D eigenvalue weighted by Crippen LogP contribution is 2.00. The molecule has 0 spiro atoms. The molecule has 0 aliphatic heterocycles. The molecular weight excluding hydrogens is 138 g/mol. The topological polar surface area (TPSA) is 46.2 Å². The normalized spacial score (nSPS) is 15.4. The summed E-state index contributed by atoms with van der Waals surface area (Å²) in [7, 11) is 0. The molecule has 0 aromatic heterocycles. The minimum Gasteiger partial charge on any atom is -0.394 e. The molecule has 0 saturated carbocycles. The van der Waals surface area contributed by atoms with Gasteiger partial charge in [-0.05, 0) is 12.5 Å². The Bertz CT molecular complexity index is 170. The van der Waals surface area contributed by atoms with Gasteiger partial charge >= 0.3 is 0 Å². The number of allylic oxidation sites excluding steroid dienone is 3. The van der Waals surface area contributed by atoms with E-state index >= 15 is 0 Å². The van der Waals surface area contributed by atoms with Crippen molar-refractivity contribution in [3.63, 3.8) is 0 Å². The number of rotatable bonds is 4. The van der Waals surface area contributed by atoms with E-state index in [1.807, 2.05) is 25.2 Å². The van der Waals surface area contributed by atoms with Gasteiger partial charge in [0.25, 0.3) is 0 Å². The van der Waals surface area contributed by atoms with Crippen LogP contribution in [-0.4, -0.2) is 17.8 Å². The van der Waals surface area contributed by atoms with E-state index < -0.39 is 0 Å². The quantitative estimate of drug-likeness (QED) is 0.592. The van der Waals surface area contributed by atoms with Crippen molar-refractivity contribution in [2.75, 3.05) is 6.61 Å². The van der Waals surface area contributed by atoms with E-state index in [4.69, 9.17) is 10.8 Å². The van der Waals surface area contributed by atoms with Gasteiger partial charge in [0.15, 0.2) is 0 Å². The van der Waals surface area contributed by atoms with Crippen molar-refractivity contribution in [3.05, 3.63) is 36.5 Å². The van der Waals surface area contributed by atoms with Gasteiger partial charge in [0, 0.05) is 0 Å². The monoisotopic (exact) mass is 153 g/mol. The van der Waals surface area contributed by atoms with E-state index in [-0.39, 0.29) is 12.6 Å². The number of aliphatic hydroxyl groups excluding tert-OH is 1. The molecule has 62 valence electrons. The van der Waals surface area contributed by atoms with Gasteiger partial charge < -0.3 is 10.8 Å². The van der Waals surface area contributed by atoms with E-state index in [2.05, 4.69) is 6.58 Å². The molecule has 2 heteroatoms. The first-order valence-corrected chi connectivity index (χ1v) is 3.58. The Balaban J connectivity index is 4.25. The molecule has 0 saturated heterocycles. The first-order chi connectivity index (χ1) is 5.26. The van der Waals surface area contributed by atoms with E-state index in [0.29, 0.717) is 0 Å². The number of nitrogens with two attached hydrogens (primary N) is 1. The Morgan fingerprint density at radius 1 is 1.73 bits per heavy atom. The SMILES string of the molecule is C=C/C(=C\C=C/C)C(N)CO. The fourth-order valence-electron chi connectivity index (χ4n) is 0.656. The molecular formula is C9H15NO. The predicted molar refractivity (Wildman–Crippen MR) is 48.2 cm³/mol. The Labute approximate surface area is 67.7 Å². The summed E-state index contributed by atoms with van der Waals surface area (Å²) in [6.45, 7) is 5.46. The molecule has 0 fully saturated rings. The van der Waals surface area contributed by atoms with Gasteiger partial charge in [0.2, 0.25) is 0 Å². The Hall–Kier alpha value is -0.860. The summed E-state index contributed by atoms with van der Waals surface area (Å²) in [6, 6.07) is -0.316. The first kappa shape index (κ1) is 10.1. The van der Waals surface area contributed by atoms with E-state index in [0.717, 1.165) is 5.57 Å². The van der Waals surface area contributed by atoms with Gasteiger partial charge in [0.05, 0.1) is 12.6 Å². The van der Waals surface area contributed by atoms with Gasteiger partial charge in [0.1, 0.15) is 0 Å². The fraction of sp³-hybridized carbons (Fsp3) is 0.333. The number of aliphatic hydroxyl groups is 1. The highest BCUT2D eigenvalue weighted by atomic mass is 16.3. The number of hydrogen-bond donors (Lipinski definition) is 2. The van der Waals surface area contributed by atoms with Crippen LogP contribution in [0, 0.1) is 0 Å². The molecule has 0 aromatic rings. The van der Waals surface area contributed by atoms with Crippen LogP contribution >= 0.6 is 0 Å². The predicted octanol–water partition coefficient (Wildman–Crippen LogP) is 0.994. The molecule has 0 amide bonds. The second-order valence-corrected chi connectivity index (χ2v) is 2.19. The van der Waals surface area contributed by atoms with Gasteiger partial charge in [-0.25, -0.2) is 0 Å². The highest BCUT2D eigenvalue weighted by Gasteiger charge is 2.01. The van der Waals surface area contributed by atoms with Crippen LogP contribution in [0.15, 0.2) is 36.5 Å². The largest absolute Gasteiger partial charge is 0.394 e. The first-order valence-electron chi connectivity index (χ1n) is 3.58. The fourth-order valence-corrected chi connectivity index (χ4v) is 0.656. The Kier molecular flexibility index (Phi) is 5.43. The summed E-state index contributed by atoms with van der Waals surface area (Å²) < 4.78 is 0. The zero-order chi connectivity index (χ0) is 8.69. The summed E-state index contributed by atoms with van der Waals surface area (Å²) in [6.07, 6.45) is 7.26. The standard InChI is InChI=1S/C9H15NO/c1-3-5-6-8(4-2)9(10)7-11/h3-6,9,11H,2,7,10H2,1H3/b5-3-,8-6+. The lowest BCUT2D eigenvalue weighted by Gasteiger charge is -2.07. The van der Waals surface area contributed by atoms with Crippen molar-refractivity contribution in [2.24, 2.45) is 5.73 Å². The Morgan fingerprint density at radius 3 is 2.73 bits per heavy atom. The summed E-state index contributed by atoms with van der Waals surface area (Å²) in [5.41, 5.74) is 6.40. The van der Waals surface area contributed by atoms with Gasteiger partial charge in [-0.15, -0.1) is 0 Å². The minimum atomic E-state index is -0.316. The van der Waals surface area contributed by atoms with Crippen LogP contribution in [0.25, 0.3) is 0 Å². The van der Waals surface area contributed by atoms with Gasteiger partial charge in [-0.3, -0.25) is 0 Å². The van der Waals surface area contributed by atoms with Crippen LogP contribution in [0.5, 0.6) is 0 Å². The molecule has 3 N–H and O–H groups in total. The van der Waals surface area contributed by atoms with Crippen molar-refractivity contribution in [1.29, 1.82) is 0 Å². The van der Waals surface area contributed by atoms with Gasteiger partial charge in [-0.1, -0.05) is 30.9 Å². The third kappa shape index (κ3) is 3.75. The molecule has 1 unspecified atom stereocenters. The summed E-state index contributed by atoms with van der Waals surface area (Å²) in [5, 5.41) is 8.70. The van der Waals surface area contributed by atoms with Crippen LogP contribution in [0.3, 0.4) is 0 Å². The van der Waals surface area contributed by atoms with Crippen LogP contribution < -0.4 is 5.73 Å². The smallest absolute Gasteiger partial charge is 0.0624 e. The molecule has 11 heavy (non-hydrogen) atoms. The molecule has 0 radical (unpaired) electrons. The molecule has 0 aromatic carbocycles. The van der Waals surface area contributed by atoms with Crippen molar-refractivity contribution < 1.29 is 5.11 Å². The zero-order valence-corrected chi connectivity index (χ0v) is 6.83. The maximum atomic E-state index is 8.70. The molecule has 2 nitrogen and oxygen atoms in total. The summed E-state index contributed by atoms with van der Waals surface area (Å²) in [4.78, 5) is 0. The van der Waals surface area contributed by atoms with Crippen LogP contribution in [0.1, 0.15) is 6.92 Å². The average molecular weight is 153 g/mol. The van der Waals surface area contributed by atoms with Crippen LogP contribution in [0.2, 0.25) is 0 Å². The molecule has 0 rings (SSSR count). The van der Waals surface area contributed by atoms with Crippen molar-refractivity contribution in [2.45, 2.75) is 13.0 Å². The van der Waals surface area contributed by atoms with Crippen molar-refractivity contribution in [1.82, 2.24) is 0 Å². The summed E-state index contributed by atoms with van der Waals surface area (Å²) in [5.74, 6) is 0. The molecule has 0 aliphatic rings. The maximum Gasteiger partial charge on any atom is 0.0624 e. The third-order valence-electron chi connectivity index (χ3n) is 1.34. The van der Waals surface area contributed by atoms with E-state index in [9.17, 15) is 0 Å². The van der Waals surface area contributed by atoms with Crippen LogP contribution in [0.4, 0.5) is 0 Å². The minimum absolute atomic E-state index is 0.0462. The highest BCUT2D eigenvalue weighted by molar-refractivity contribution is 5.26. The van der Waals surface area contributed by atoms with Gasteiger partial charge in [-0.2, -0.15) is 0 Å². The zero-order valence-electron chi connectivity index (χ0n) is 6.83. The molecule has 1 atom stereocenters. The maximum absolute atomic E-state index is 8.70. The van der Waals surface area contributed by atoms with Crippen molar-refractivity contribution >= 4 is 0 Å². The molecule has 0 bridgehead atoms. The van der Waals surface area contributed by atoms with E-state index in [1.54, 1.807) is 6.08 Å². The second kappa shape index (κ2) is 5.89. The lowest BCUT2D eigenvalue weighted by Crippen LogP contribution is -2.25. The number of hydrogen-bond acceptors (Lipinski definition) is 2. The van der Waals surface area contributed by atoms with E-state index in [1.165, 1.54) is 0 Å².